The van der Waals surface area contributed by atoms with E-state index < -0.39 is 0 Å². The molecule has 3 aliphatic heterocycles. The van der Waals surface area contributed by atoms with Crippen LogP contribution in [0.2, 0.25) is 0 Å². The maximum atomic E-state index is 12.0. The molecule has 0 radical (unpaired) electrons. The normalized spacial score (nSPS) is 37.1. The van der Waals surface area contributed by atoms with Crippen molar-refractivity contribution in [3.8, 4) is 0 Å². The molecule has 3 aliphatic rings. The lowest BCUT2D eigenvalue weighted by Gasteiger charge is -2.47. The van der Waals surface area contributed by atoms with E-state index in [2.05, 4.69) is 22.6 Å². The molecule has 0 spiro atoms. The number of hydrogen-bond acceptors (Lipinski definition) is 3. The van der Waals surface area contributed by atoms with Crippen molar-refractivity contribution in [2.45, 2.75) is 56.7 Å². The van der Waals surface area contributed by atoms with E-state index >= 15 is 0 Å². The van der Waals surface area contributed by atoms with Crippen molar-refractivity contribution in [3.63, 3.8) is 0 Å². The van der Waals surface area contributed by atoms with Crippen molar-refractivity contribution < 1.29 is 4.79 Å². The molecule has 0 saturated carbocycles. The average Bonchev–Trinajstić information content (AvgIpc) is 2.25. The van der Waals surface area contributed by atoms with Crippen molar-refractivity contribution in [2.75, 3.05) is 20.1 Å². The first-order valence-corrected chi connectivity index (χ1v) is 7.44. The molecular weight excluding hydrogens is 226 g/mol. The lowest BCUT2D eigenvalue weighted by atomic mass is 9.82. The fourth-order valence-electron chi connectivity index (χ4n) is 3.78. The van der Waals surface area contributed by atoms with Crippen molar-refractivity contribution in [3.05, 3.63) is 0 Å². The quantitative estimate of drug-likeness (QED) is 0.777. The van der Waals surface area contributed by atoms with E-state index in [0.29, 0.717) is 30.5 Å². The van der Waals surface area contributed by atoms with Crippen LogP contribution < -0.4 is 10.6 Å². The van der Waals surface area contributed by atoms with Crippen LogP contribution in [0, 0.1) is 5.92 Å². The van der Waals surface area contributed by atoms with E-state index in [1.54, 1.807) is 0 Å². The number of hydrogen-bond donors (Lipinski definition) is 2. The van der Waals surface area contributed by atoms with Gasteiger partial charge in [0, 0.05) is 24.5 Å². The summed E-state index contributed by atoms with van der Waals surface area (Å²) in [4.78, 5) is 14.5. The molecule has 0 aromatic rings. The average molecular weight is 251 g/mol. The molecule has 4 heteroatoms. The molecule has 2 unspecified atom stereocenters. The molecular formula is C14H25N3O. The maximum absolute atomic E-state index is 12.0. The van der Waals surface area contributed by atoms with Crippen LogP contribution in [-0.2, 0) is 4.79 Å². The summed E-state index contributed by atoms with van der Waals surface area (Å²) in [5.41, 5.74) is 0. The molecule has 3 fully saturated rings. The highest BCUT2D eigenvalue weighted by atomic mass is 16.1. The molecule has 4 nitrogen and oxygen atoms in total. The Morgan fingerprint density at radius 1 is 1.28 bits per heavy atom. The number of carbonyl (C=O) groups is 1. The van der Waals surface area contributed by atoms with Crippen LogP contribution in [0.3, 0.4) is 0 Å². The highest BCUT2D eigenvalue weighted by molar-refractivity contribution is 5.76. The van der Waals surface area contributed by atoms with E-state index in [4.69, 9.17) is 0 Å². The number of piperidine rings is 2. The third-order valence-corrected chi connectivity index (χ3v) is 5.05. The van der Waals surface area contributed by atoms with Crippen molar-refractivity contribution in [1.29, 1.82) is 0 Å². The van der Waals surface area contributed by atoms with Gasteiger partial charge in [0.15, 0.2) is 0 Å². The standard InChI is InChI=1S/C14H25N3O/c1-17-12-3-2-4-13(17)7-11(6-12)16-14(18)5-10-8-15-9-10/h10-13,15H,2-9H2,1H3,(H,16,18). The van der Waals surface area contributed by atoms with Crippen LogP contribution in [0.4, 0.5) is 0 Å². The Hall–Kier alpha value is -0.610. The fraction of sp³-hybridized carbons (Fsp3) is 0.929. The van der Waals surface area contributed by atoms with Gasteiger partial charge in [-0.1, -0.05) is 6.42 Å². The number of carbonyl (C=O) groups excluding carboxylic acids is 1. The van der Waals surface area contributed by atoms with Gasteiger partial charge < -0.3 is 15.5 Å². The zero-order valence-corrected chi connectivity index (χ0v) is 11.3. The summed E-state index contributed by atoms with van der Waals surface area (Å²) in [7, 11) is 2.26. The van der Waals surface area contributed by atoms with Crippen LogP contribution in [0.5, 0.6) is 0 Å². The van der Waals surface area contributed by atoms with Gasteiger partial charge in [0.25, 0.3) is 0 Å². The number of fused-ring (bicyclic) bond motifs is 2. The molecule has 0 aromatic heterocycles. The Bertz CT molecular complexity index is 302. The third-order valence-electron chi connectivity index (χ3n) is 5.05. The summed E-state index contributed by atoms with van der Waals surface area (Å²) in [6.45, 7) is 2.04. The van der Waals surface area contributed by atoms with E-state index in [9.17, 15) is 4.79 Å². The van der Waals surface area contributed by atoms with E-state index in [0.717, 1.165) is 25.9 Å². The van der Waals surface area contributed by atoms with Crippen molar-refractivity contribution in [1.82, 2.24) is 15.5 Å². The Balaban J connectivity index is 1.49. The monoisotopic (exact) mass is 251 g/mol. The van der Waals surface area contributed by atoms with Crippen LogP contribution in [0.1, 0.15) is 38.5 Å². The summed E-state index contributed by atoms with van der Waals surface area (Å²) >= 11 is 0. The molecule has 0 aliphatic carbocycles. The van der Waals surface area contributed by atoms with Crippen LogP contribution >= 0.6 is 0 Å². The topological polar surface area (TPSA) is 44.4 Å². The largest absolute Gasteiger partial charge is 0.353 e. The number of nitrogens with one attached hydrogen (secondary N) is 2. The smallest absolute Gasteiger partial charge is 0.220 e. The van der Waals surface area contributed by atoms with Gasteiger partial charge in [-0.3, -0.25) is 4.79 Å². The van der Waals surface area contributed by atoms with Gasteiger partial charge in [-0.05, 0) is 51.7 Å². The van der Waals surface area contributed by atoms with E-state index in [-0.39, 0.29) is 5.91 Å². The SMILES string of the molecule is CN1C2CCCC1CC(NC(=O)CC1CNC1)C2. The zero-order valence-electron chi connectivity index (χ0n) is 11.3. The molecule has 3 saturated heterocycles. The summed E-state index contributed by atoms with van der Waals surface area (Å²) in [6, 6.07) is 1.83. The molecule has 2 bridgehead atoms. The van der Waals surface area contributed by atoms with Crippen LogP contribution in [0.15, 0.2) is 0 Å². The van der Waals surface area contributed by atoms with Gasteiger partial charge in [-0.2, -0.15) is 0 Å². The van der Waals surface area contributed by atoms with Gasteiger partial charge in [0.1, 0.15) is 0 Å². The molecule has 2 N–H and O–H groups in total. The Labute approximate surface area is 109 Å². The summed E-state index contributed by atoms with van der Waals surface area (Å²) in [5.74, 6) is 0.852. The van der Waals surface area contributed by atoms with Gasteiger partial charge in [-0.25, -0.2) is 0 Å². The highest BCUT2D eigenvalue weighted by Gasteiger charge is 2.36. The zero-order chi connectivity index (χ0) is 12.5. The van der Waals surface area contributed by atoms with Crippen LogP contribution in [-0.4, -0.2) is 49.1 Å². The molecule has 2 atom stereocenters. The molecule has 102 valence electrons. The lowest BCUT2D eigenvalue weighted by molar-refractivity contribution is -0.123. The summed E-state index contributed by atoms with van der Waals surface area (Å²) < 4.78 is 0. The first-order chi connectivity index (χ1) is 8.72. The van der Waals surface area contributed by atoms with Gasteiger partial charge in [0.05, 0.1) is 0 Å². The fourth-order valence-corrected chi connectivity index (χ4v) is 3.78. The number of nitrogens with zero attached hydrogens (tertiary/aromatic N) is 1. The first-order valence-electron chi connectivity index (χ1n) is 7.44. The first kappa shape index (κ1) is 12.4. The van der Waals surface area contributed by atoms with E-state index in [1.807, 2.05) is 0 Å². The molecule has 1 amide bonds. The second-order valence-corrected chi connectivity index (χ2v) is 6.37. The Kier molecular flexibility index (Phi) is 3.57. The molecule has 3 heterocycles. The van der Waals surface area contributed by atoms with E-state index in [1.165, 1.54) is 19.3 Å². The van der Waals surface area contributed by atoms with Crippen molar-refractivity contribution in [2.24, 2.45) is 5.92 Å². The third kappa shape index (κ3) is 2.54. The number of amides is 1. The highest BCUT2D eigenvalue weighted by Crippen LogP contribution is 2.32. The maximum Gasteiger partial charge on any atom is 0.220 e. The minimum absolute atomic E-state index is 0.272. The minimum atomic E-state index is 0.272. The summed E-state index contributed by atoms with van der Waals surface area (Å²) in [5, 5.41) is 6.50. The minimum Gasteiger partial charge on any atom is -0.353 e. The molecule has 3 rings (SSSR count). The predicted octanol–water partition coefficient (Wildman–Crippen LogP) is 0.727. The molecule has 18 heavy (non-hydrogen) atoms. The summed E-state index contributed by atoms with van der Waals surface area (Å²) in [6.07, 6.45) is 7.02. The molecule has 0 aromatic carbocycles. The van der Waals surface area contributed by atoms with Crippen molar-refractivity contribution >= 4 is 5.91 Å². The van der Waals surface area contributed by atoms with Crippen LogP contribution in [0.25, 0.3) is 0 Å². The van der Waals surface area contributed by atoms with Gasteiger partial charge >= 0.3 is 0 Å². The second kappa shape index (κ2) is 5.17. The van der Waals surface area contributed by atoms with Gasteiger partial charge in [0.2, 0.25) is 5.91 Å². The predicted molar refractivity (Wildman–Crippen MR) is 71.3 cm³/mol. The second-order valence-electron chi connectivity index (χ2n) is 6.37. The Morgan fingerprint density at radius 2 is 1.94 bits per heavy atom. The van der Waals surface area contributed by atoms with Gasteiger partial charge in [-0.15, -0.1) is 0 Å². The Morgan fingerprint density at radius 3 is 2.50 bits per heavy atom. The lowest BCUT2D eigenvalue weighted by Crippen LogP contribution is -2.55. The number of rotatable bonds is 3.